The maximum atomic E-state index is 13.2. The van der Waals surface area contributed by atoms with Gasteiger partial charge in [0.25, 0.3) is 0 Å². The van der Waals surface area contributed by atoms with Gasteiger partial charge in [-0.2, -0.15) is 4.31 Å². The van der Waals surface area contributed by atoms with Crippen LogP contribution in [-0.4, -0.2) is 44.2 Å². The summed E-state index contributed by atoms with van der Waals surface area (Å²) in [5, 5.41) is 0. The molecule has 2 aliphatic heterocycles. The van der Waals surface area contributed by atoms with Crippen LogP contribution in [0.3, 0.4) is 0 Å². The normalized spacial score (nSPS) is 22.2. The molecule has 2 aliphatic rings. The summed E-state index contributed by atoms with van der Waals surface area (Å²) in [5.41, 5.74) is 1.96. The van der Waals surface area contributed by atoms with Gasteiger partial charge >= 0.3 is 7.12 Å². The van der Waals surface area contributed by atoms with Crippen molar-refractivity contribution in [2.75, 3.05) is 13.2 Å². The van der Waals surface area contributed by atoms with Crippen LogP contribution in [0.4, 0.5) is 0 Å². The van der Waals surface area contributed by atoms with Gasteiger partial charge in [0.1, 0.15) is 17.3 Å². The number of ether oxygens (including phenoxy) is 1. The van der Waals surface area contributed by atoms with Crippen molar-refractivity contribution in [1.82, 2.24) is 4.31 Å². The second kappa shape index (κ2) is 7.37. The summed E-state index contributed by atoms with van der Waals surface area (Å²) in [5.74, 6) is 0.405. The highest BCUT2D eigenvalue weighted by molar-refractivity contribution is 7.89. The molecule has 4 rings (SSSR count). The van der Waals surface area contributed by atoms with Crippen LogP contribution in [0.25, 0.3) is 0 Å². The van der Waals surface area contributed by atoms with E-state index in [1.54, 1.807) is 24.3 Å². The Balaban J connectivity index is 1.64. The molecular weight excluding hydrogens is 401 g/mol. The van der Waals surface area contributed by atoms with Gasteiger partial charge in [-0.25, -0.2) is 8.42 Å². The SMILES string of the molecule is Cc1ccc(B2OC(C)(C)C(C)(C)O2)cc1CN1CCOc2ccccc2S1(=O)=O. The molecule has 2 aromatic carbocycles. The number of hydrogen-bond acceptors (Lipinski definition) is 5. The van der Waals surface area contributed by atoms with E-state index in [0.29, 0.717) is 12.4 Å². The van der Waals surface area contributed by atoms with Gasteiger partial charge in [0.05, 0.1) is 11.2 Å². The van der Waals surface area contributed by atoms with Gasteiger partial charge < -0.3 is 14.0 Å². The Morgan fingerprint density at radius 1 is 1.03 bits per heavy atom. The molecule has 0 amide bonds. The molecule has 8 heteroatoms. The van der Waals surface area contributed by atoms with Crippen LogP contribution in [0.15, 0.2) is 47.4 Å². The van der Waals surface area contributed by atoms with Crippen molar-refractivity contribution in [3.05, 3.63) is 53.6 Å². The number of hydrogen-bond donors (Lipinski definition) is 0. The maximum Gasteiger partial charge on any atom is 0.494 e. The lowest BCUT2D eigenvalue weighted by molar-refractivity contribution is 0.00578. The van der Waals surface area contributed by atoms with Crippen molar-refractivity contribution in [3.63, 3.8) is 0 Å². The highest BCUT2D eigenvalue weighted by atomic mass is 32.2. The fourth-order valence-electron chi connectivity index (χ4n) is 3.64. The summed E-state index contributed by atoms with van der Waals surface area (Å²) in [7, 11) is -4.14. The van der Waals surface area contributed by atoms with Crippen LogP contribution in [0, 0.1) is 6.92 Å². The zero-order chi connectivity index (χ0) is 21.7. The van der Waals surface area contributed by atoms with Gasteiger partial charge in [0.15, 0.2) is 0 Å². The Hall–Kier alpha value is -1.87. The molecule has 2 aromatic rings. The van der Waals surface area contributed by atoms with Gasteiger partial charge in [-0.1, -0.05) is 30.3 Å². The molecule has 30 heavy (non-hydrogen) atoms. The van der Waals surface area contributed by atoms with E-state index in [0.717, 1.165) is 16.6 Å². The van der Waals surface area contributed by atoms with Crippen LogP contribution in [0.2, 0.25) is 0 Å². The van der Waals surface area contributed by atoms with Crippen molar-refractivity contribution in [2.45, 2.75) is 57.3 Å². The van der Waals surface area contributed by atoms with Gasteiger partial charge in [-0.15, -0.1) is 0 Å². The Bertz CT molecular complexity index is 1050. The standard InChI is InChI=1S/C22H28BNO5S/c1-16-10-11-18(23-28-21(2,3)22(4,5)29-23)14-17(16)15-24-12-13-27-19-8-6-7-9-20(19)30(24,25)26/h6-11,14H,12-13,15H2,1-5H3. The van der Waals surface area contributed by atoms with E-state index < -0.39 is 28.3 Å². The number of nitrogens with zero attached hydrogens (tertiary/aromatic N) is 1. The summed E-state index contributed by atoms with van der Waals surface area (Å²) in [6, 6.07) is 12.7. The minimum Gasteiger partial charge on any atom is -0.491 e. The molecule has 0 atom stereocenters. The lowest BCUT2D eigenvalue weighted by atomic mass is 9.78. The molecule has 0 aromatic heterocycles. The van der Waals surface area contributed by atoms with Gasteiger partial charge in [0, 0.05) is 13.1 Å². The molecular formula is C22H28BNO5S. The van der Waals surface area contributed by atoms with Crippen molar-refractivity contribution < 1.29 is 22.5 Å². The summed E-state index contributed by atoms with van der Waals surface area (Å²) in [6.07, 6.45) is 0. The largest absolute Gasteiger partial charge is 0.494 e. The molecule has 0 N–H and O–H groups in total. The molecule has 160 valence electrons. The van der Waals surface area contributed by atoms with E-state index in [1.165, 1.54) is 4.31 Å². The molecule has 1 fully saturated rings. The summed E-state index contributed by atoms with van der Waals surface area (Å²) in [6.45, 7) is 10.9. The van der Waals surface area contributed by atoms with Crippen molar-refractivity contribution >= 4 is 22.6 Å². The van der Waals surface area contributed by atoms with E-state index in [1.807, 2.05) is 52.8 Å². The molecule has 0 unspecified atom stereocenters. The predicted molar refractivity (Wildman–Crippen MR) is 116 cm³/mol. The summed E-state index contributed by atoms with van der Waals surface area (Å²) in [4.78, 5) is 0.210. The molecule has 0 radical (unpaired) electrons. The lowest BCUT2D eigenvalue weighted by Crippen LogP contribution is -2.41. The number of rotatable bonds is 3. The molecule has 6 nitrogen and oxygen atoms in total. The third-order valence-electron chi connectivity index (χ3n) is 6.31. The fourth-order valence-corrected chi connectivity index (χ4v) is 5.17. The van der Waals surface area contributed by atoms with Crippen molar-refractivity contribution in [3.8, 4) is 5.75 Å². The van der Waals surface area contributed by atoms with Gasteiger partial charge in [-0.3, -0.25) is 0 Å². The average Bonchev–Trinajstić information content (AvgIpc) is 2.81. The summed E-state index contributed by atoms with van der Waals surface area (Å²) < 4.78 is 46.0. The highest BCUT2D eigenvalue weighted by Crippen LogP contribution is 2.36. The first-order chi connectivity index (χ1) is 14.0. The first-order valence-corrected chi connectivity index (χ1v) is 11.6. The fraction of sp³-hybridized carbons (Fsp3) is 0.455. The highest BCUT2D eigenvalue weighted by Gasteiger charge is 2.51. The second-order valence-electron chi connectivity index (χ2n) is 8.91. The zero-order valence-electron chi connectivity index (χ0n) is 18.1. The number of sulfonamides is 1. The minimum atomic E-state index is -3.66. The van der Waals surface area contributed by atoms with E-state index in [2.05, 4.69) is 0 Å². The summed E-state index contributed by atoms with van der Waals surface area (Å²) >= 11 is 0. The quantitative estimate of drug-likeness (QED) is 0.703. The predicted octanol–water partition coefficient (Wildman–Crippen LogP) is 2.88. The first-order valence-electron chi connectivity index (χ1n) is 10.2. The topological polar surface area (TPSA) is 65.1 Å². The molecule has 0 aliphatic carbocycles. The minimum absolute atomic E-state index is 0.210. The molecule has 0 saturated carbocycles. The lowest BCUT2D eigenvalue weighted by Gasteiger charge is -2.32. The Labute approximate surface area is 179 Å². The zero-order valence-corrected chi connectivity index (χ0v) is 19.0. The monoisotopic (exact) mass is 429 g/mol. The third-order valence-corrected chi connectivity index (χ3v) is 8.20. The Morgan fingerprint density at radius 2 is 1.70 bits per heavy atom. The molecule has 2 heterocycles. The number of fused-ring (bicyclic) bond motifs is 1. The van der Waals surface area contributed by atoms with Crippen molar-refractivity contribution in [2.24, 2.45) is 0 Å². The second-order valence-corrected chi connectivity index (χ2v) is 10.8. The number of aryl methyl sites for hydroxylation is 1. The van der Waals surface area contributed by atoms with E-state index >= 15 is 0 Å². The maximum absolute atomic E-state index is 13.2. The van der Waals surface area contributed by atoms with E-state index in [9.17, 15) is 8.42 Å². The van der Waals surface area contributed by atoms with Gasteiger partial charge in [-0.05, 0) is 63.3 Å². The first kappa shape index (κ1) is 21.4. The van der Waals surface area contributed by atoms with Crippen molar-refractivity contribution in [1.29, 1.82) is 0 Å². The van der Waals surface area contributed by atoms with E-state index in [4.69, 9.17) is 14.0 Å². The van der Waals surface area contributed by atoms with Crippen LogP contribution >= 0.6 is 0 Å². The Morgan fingerprint density at radius 3 is 2.40 bits per heavy atom. The number of para-hydroxylation sites is 1. The van der Waals surface area contributed by atoms with Crippen LogP contribution in [0.1, 0.15) is 38.8 Å². The number of benzene rings is 2. The van der Waals surface area contributed by atoms with E-state index in [-0.39, 0.29) is 18.0 Å². The average molecular weight is 429 g/mol. The Kier molecular flexibility index (Phi) is 5.25. The van der Waals surface area contributed by atoms with Crippen LogP contribution in [0.5, 0.6) is 5.75 Å². The van der Waals surface area contributed by atoms with Crippen LogP contribution in [-0.2, 0) is 25.9 Å². The third kappa shape index (κ3) is 3.66. The smallest absolute Gasteiger partial charge is 0.491 e. The molecule has 1 saturated heterocycles. The van der Waals surface area contributed by atoms with Gasteiger partial charge in [0.2, 0.25) is 10.0 Å². The van der Waals surface area contributed by atoms with Crippen LogP contribution < -0.4 is 10.2 Å². The molecule has 0 spiro atoms. The molecule has 0 bridgehead atoms.